The molecule has 0 saturated carbocycles. The van der Waals surface area contributed by atoms with Crippen LogP contribution in [0, 0.1) is 5.82 Å². The van der Waals surface area contributed by atoms with E-state index in [-0.39, 0.29) is 22.0 Å². The molecule has 3 rings (SSSR count). The van der Waals surface area contributed by atoms with Crippen molar-refractivity contribution in [2.45, 2.75) is 16.3 Å². The molecule has 8 heteroatoms. The molecule has 0 bridgehead atoms. The third kappa shape index (κ3) is 4.26. The first-order valence-corrected chi connectivity index (χ1v) is 10.4. The lowest BCUT2D eigenvalue weighted by Crippen LogP contribution is -2.09. The molecule has 0 unspecified atom stereocenters. The van der Waals surface area contributed by atoms with E-state index in [4.69, 9.17) is 11.6 Å². The van der Waals surface area contributed by atoms with E-state index in [1.165, 1.54) is 36.4 Å². The van der Waals surface area contributed by atoms with Crippen LogP contribution < -0.4 is 5.32 Å². The maximum absolute atomic E-state index is 13.7. The van der Waals surface area contributed by atoms with Crippen LogP contribution in [0.5, 0.6) is 5.75 Å². The lowest BCUT2D eigenvalue weighted by atomic mass is 10.2. The molecule has 0 aliphatic carbocycles. The second kappa shape index (κ2) is 7.88. The summed E-state index contributed by atoms with van der Waals surface area (Å²) in [6.45, 7) is 0.0758. The summed E-state index contributed by atoms with van der Waals surface area (Å²) in [4.78, 5) is 0.241. The van der Waals surface area contributed by atoms with E-state index in [1.54, 1.807) is 18.2 Å². The van der Waals surface area contributed by atoms with Gasteiger partial charge >= 0.3 is 0 Å². The van der Waals surface area contributed by atoms with Crippen molar-refractivity contribution in [3.05, 3.63) is 81.5 Å². The van der Waals surface area contributed by atoms with Crippen molar-refractivity contribution in [1.82, 2.24) is 0 Å². The van der Waals surface area contributed by atoms with Crippen LogP contribution in [0.3, 0.4) is 0 Å². The summed E-state index contributed by atoms with van der Waals surface area (Å²) in [5, 5.41) is 13.2. The zero-order valence-corrected chi connectivity index (χ0v) is 16.9. The van der Waals surface area contributed by atoms with E-state index < -0.39 is 21.4 Å². The van der Waals surface area contributed by atoms with E-state index in [0.717, 1.165) is 6.07 Å². The molecular weight excluding hydrogens is 457 g/mol. The largest absolute Gasteiger partial charge is 0.503 e. The topological polar surface area (TPSA) is 66.4 Å². The van der Waals surface area contributed by atoms with E-state index >= 15 is 0 Å². The van der Waals surface area contributed by atoms with Gasteiger partial charge in [0.15, 0.2) is 11.6 Å². The molecule has 0 aliphatic rings. The SMILES string of the molecule is O=S(=O)(c1ccc(Cl)cc1)c1ccccc1CNc1cc(Br)cc(F)c1O. The van der Waals surface area contributed by atoms with E-state index in [2.05, 4.69) is 21.2 Å². The van der Waals surface area contributed by atoms with Gasteiger partial charge in [-0.2, -0.15) is 0 Å². The molecule has 0 aliphatic heterocycles. The van der Waals surface area contributed by atoms with Gasteiger partial charge in [-0.05, 0) is 48.0 Å². The highest BCUT2D eigenvalue weighted by atomic mass is 79.9. The highest BCUT2D eigenvalue weighted by Crippen LogP contribution is 2.32. The lowest BCUT2D eigenvalue weighted by Gasteiger charge is -2.13. The average molecular weight is 471 g/mol. The van der Waals surface area contributed by atoms with Crippen molar-refractivity contribution in [3.8, 4) is 5.75 Å². The van der Waals surface area contributed by atoms with Crippen LogP contribution in [0.15, 0.2) is 74.9 Å². The molecule has 27 heavy (non-hydrogen) atoms. The van der Waals surface area contributed by atoms with E-state index in [9.17, 15) is 17.9 Å². The number of hydrogen-bond acceptors (Lipinski definition) is 4. The van der Waals surface area contributed by atoms with Crippen LogP contribution in [-0.4, -0.2) is 13.5 Å². The Kier molecular flexibility index (Phi) is 5.74. The van der Waals surface area contributed by atoms with Crippen molar-refractivity contribution in [2.75, 3.05) is 5.32 Å². The Balaban J connectivity index is 1.94. The highest BCUT2D eigenvalue weighted by Gasteiger charge is 2.21. The first-order valence-electron chi connectivity index (χ1n) is 7.79. The van der Waals surface area contributed by atoms with Gasteiger partial charge in [0.1, 0.15) is 0 Å². The Hall–Kier alpha value is -2.09. The van der Waals surface area contributed by atoms with Gasteiger partial charge in [0.25, 0.3) is 0 Å². The van der Waals surface area contributed by atoms with Gasteiger partial charge in [-0.15, -0.1) is 0 Å². The number of anilines is 1. The molecule has 0 atom stereocenters. The Morgan fingerprint density at radius 1 is 1.07 bits per heavy atom. The minimum absolute atomic E-state index is 0.0758. The molecule has 3 aromatic carbocycles. The Morgan fingerprint density at radius 3 is 2.44 bits per heavy atom. The van der Waals surface area contributed by atoms with Gasteiger partial charge in [-0.25, -0.2) is 12.8 Å². The van der Waals surface area contributed by atoms with Gasteiger partial charge in [0, 0.05) is 16.0 Å². The summed E-state index contributed by atoms with van der Waals surface area (Å²) in [5.41, 5.74) is 0.632. The fourth-order valence-corrected chi connectivity index (χ4v) is 4.59. The third-order valence-electron chi connectivity index (χ3n) is 3.88. The molecule has 4 nitrogen and oxygen atoms in total. The Bertz CT molecular complexity index is 1090. The Morgan fingerprint density at radius 2 is 1.74 bits per heavy atom. The second-order valence-corrected chi connectivity index (χ2v) is 8.97. The van der Waals surface area contributed by atoms with Crippen molar-refractivity contribution in [2.24, 2.45) is 0 Å². The number of halogens is 3. The molecule has 3 aromatic rings. The van der Waals surface area contributed by atoms with Crippen LogP contribution in [-0.2, 0) is 16.4 Å². The highest BCUT2D eigenvalue weighted by molar-refractivity contribution is 9.10. The molecule has 2 N–H and O–H groups in total. The quantitative estimate of drug-likeness (QED) is 0.491. The van der Waals surface area contributed by atoms with Crippen molar-refractivity contribution < 1.29 is 17.9 Å². The fraction of sp³-hybridized carbons (Fsp3) is 0.0526. The first-order chi connectivity index (χ1) is 12.8. The molecule has 0 radical (unpaired) electrons. The summed E-state index contributed by atoms with van der Waals surface area (Å²) in [6, 6.07) is 15.0. The number of rotatable bonds is 5. The summed E-state index contributed by atoms with van der Waals surface area (Å²) in [6.07, 6.45) is 0. The normalized spacial score (nSPS) is 11.4. The maximum atomic E-state index is 13.7. The fourth-order valence-electron chi connectivity index (χ4n) is 2.54. The molecule has 0 aromatic heterocycles. The maximum Gasteiger partial charge on any atom is 0.206 e. The smallest absolute Gasteiger partial charge is 0.206 e. The molecule has 0 fully saturated rings. The van der Waals surface area contributed by atoms with Crippen LogP contribution in [0.2, 0.25) is 5.02 Å². The lowest BCUT2D eigenvalue weighted by molar-refractivity contribution is 0.434. The molecule has 0 spiro atoms. The van der Waals surface area contributed by atoms with Gasteiger partial charge < -0.3 is 10.4 Å². The number of phenols is 1. The molecule has 140 valence electrons. The van der Waals surface area contributed by atoms with Gasteiger partial charge in [-0.3, -0.25) is 0 Å². The monoisotopic (exact) mass is 469 g/mol. The van der Waals surface area contributed by atoms with Crippen LogP contribution in [0.4, 0.5) is 10.1 Å². The third-order valence-corrected chi connectivity index (χ3v) is 6.46. The number of sulfone groups is 1. The van der Waals surface area contributed by atoms with E-state index in [0.29, 0.717) is 15.1 Å². The number of hydrogen-bond donors (Lipinski definition) is 2. The molecule has 0 heterocycles. The minimum atomic E-state index is -3.76. The van der Waals surface area contributed by atoms with Crippen molar-refractivity contribution in [3.63, 3.8) is 0 Å². The first kappa shape index (κ1) is 19.7. The zero-order valence-electron chi connectivity index (χ0n) is 13.8. The van der Waals surface area contributed by atoms with Crippen molar-refractivity contribution >= 4 is 43.1 Å². The van der Waals surface area contributed by atoms with Crippen LogP contribution >= 0.6 is 27.5 Å². The predicted molar refractivity (Wildman–Crippen MR) is 106 cm³/mol. The molecule has 0 amide bonds. The summed E-state index contributed by atoms with van der Waals surface area (Å²) >= 11 is 8.99. The van der Waals surface area contributed by atoms with Crippen LogP contribution in [0.25, 0.3) is 0 Å². The number of benzene rings is 3. The van der Waals surface area contributed by atoms with Gasteiger partial charge in [-0.1, -0.05) is 45.7 Å². The van der Waals surface area contributed by atoms with Crippen LogP contribution in [0.1, 0.15) is 5.56 Å². The van der Waals surface area contributed by atoms with Gasteiger partial charge in [0.2, 0.25) is 9.84 Å². The average Bonchev–Trinajstić information content (AvgIpc) is 2.64. The zero-order chi connectivity index (χ0) is 19.6. The second-order valence-electron chi connectivity index (χ2n) is 5.70. The van der Waals surface area contributed by atoms with E-state index in [1.807, 2.05) is 0 Å². The number of aromatic hydroxyl groups is 1. The molecular formula is C19H14BrClFNO3S. The minimum Gasteiger partial charge on any atom is -0.503 e. The summed E-state index contributed by atoms with van der Waals surface area (Å²) < 4.78 is 40.0. The number of nitrogens with one attached hydrogen (secondary N) is 1. The van der Waals surface area contributed by atoms with Gasteiger partial charge in [0.05, 0.1) is 15.5 Å². The molecule has 0 saturated heterocycles. The summed E-state index contributed by atoms with van der Waals surface area (Å²) in [5.74, 6) is -1.31. The predicted octanol–water partition coefficient (Wildman–Crippen LogP) is 5.39. The standard InChI is InChI=1S/C19H14BrClFNO3S/c20-13-9-16(22)19(24)17(10-13)23-11-12-3-1-2-4-18(12)27(25,26)15-7-5-14(21)6-8-15/h1-10,23-24H,11H2. The summed E-state index contributed by atoms with van der Waals surface area (Å²) in [7, 11) is -3.76. The number of phenolic OH excluding ortho intramolecular Hbond substituents is 1. The van der Waals surface area contributed by atoms with Crippen molar-refractivity contribution in [1.29, 1.82) is 0 Å². The Labute approximate surface area is 169 Å².